The number of amides is 1. The van der Waals surface area contributed by atoms with Gasteiger partial charge in [-0.2, -0.15) is 0 Å². The highest BCUT2D eigenvalue weighted by Crippen LogP contribution is 2.44. The number of anilines is 1. The third-order valence-corrected chi connectivity index (χ3v) is 5.56. The summed E-state index contributed by atoms with van der Waals surface area (Å²) < 4.78 is 0. The lowest BCUT2D eigenvalue weighted by atomic mass is 10.1. The Balaban J connectivity index is 1.18. The van der Waals surface area contributed by atoms with E-state index in [1.54, 1.807) is 0 Å². The Morgan fingerprint density at radius 3 is 2.67 bits per heavy atom. The zero-order valence-corrected chi connectivity index (χ0v) is 14.3. The number of carbonyl (C=O) groups is 1. The molecule has 1 aliphatic heterocycles. The normalized spacial score (nSPS) is 24.3. The van der Waals surface area contributed by atoms with Crippen LogP contribution in [0.5, 0.6) is 0 Å². The number of carbonyl (C=O) groups excluding carboxylic acids is 1. The Morgan fingerprint density at radius 1 is 1.21 bits per heavy atom. The van der Waals surface area contributed by atoms with E-state index in [0.717, 1.165) is 43.7 Å². The Bertz CT molecular complexity index is 544. The van der Waals surface area contributed by atoms with Gasteiger partial charge in [-0.1, -0.05) is 6.07 Å². The van der Waals surface area contributed by atoms with Gasteiger partial charge in [0.05, 0.1) is 6.54 Å². The molecule has 1 atom stereocenters. The van der Waals surface area contributed by atoms with Gasteiger partial charge < -0.3 is 10.6 Å². The van der Waals surface area contributed by atoms with Crippen LogP contribution in [0.3, 0.4) is 0 Å². The largest absolute Gasteiger partial charge is 0.370 e. The first-order chi connectivity index (χ1) is 11.8. The van der Waals surface area contributed by atoms with Gasteiger partial charge in [0, 0.05) is 25.3 Å². The molecule has 1 amide bonds. The lowest BCUT2D eigenvalue weighted by Gasteiger charge is -2.21. The van der Waals surface area contributed by atoms with Crippen molar-refractivity contribution in [3.8, 4) is 0 Å². The summed E-state index contributed by atoms with van der Waals surface area (Å²) >= 11 is 0. The molecule has 2 heterocycles. The predicted octanol–water partition coefficient (Wildman–Crippen LogP) is 2.12. The van der Waals surface area contributed by atoms with Crippen LogP contribution < -0.4 is 10.6 Å². The molecule has 1 aromatic heterocycles. The smallest absolute Gasteiger partial charge is 0.234 e. The maximum absolute atomic E-state index is 12.4. The van der Waals surface area contributed by atoms with Crippen molar-refractivity contribution in [1.82, 2.24) is 15.2 Å². The molecule has 24 heavy (non-hydrogen) atoms. The zero-order valence-electron chi connectivity index (χ0n) is 14.3. The molecule has 3 fully saturated rings. The summed E-state index contributed by atoms with van der Waals surface area (Å²) in [4.78, 5) is 19.0. The molecule has 1 saturated heterocycles. The Kier molecular flexibility index (Phi) is 4.69. The minimum atomic E-state index is 0.233. The van der Waals surface area contributed by atoms with E-state index in [9.17, 15) is 4.79 Å². The van der Waals surface area contributed by atoms with E-state index in [4.69, 9.17) is 0 Å². The third-order valence-electron chi connectivity index (χ3n) is 5.56. The van der Waals surface area contributed by atoms with Crippen molar-refractivity contribution >= 4 is 11.7 Å². The van der Waals surface area contributed by atoms with Crippen molar-refractivity contribution < 1.29 is 4.79 Å². The molecule has 3 aliphatic rings. The average molecular weight is 328 g/mol. The number of pyridine rings is 1. The molecule has 2 aliphatic carbocycles. The summed E-state index contributed by atoms with van der Waals surface area (Å²) in [5, 5.41) is 6.73. The van der Waals surface area contributed by atoms with Crippen LogP contribution in [0, 0.1) is 17.8 Å². The summed E-state index contributed by atoms with van der Waals surface area (Å²) in [6.45, 7) is 3.53. The first-order valence-electron chi connectivity index (χ1n) is 9.44. The molecule has 5 nitrogen and oxygen atoms in total. The Hall–Kier alpha value is -1.62. The maximum atomic E-state index is 12.4. The minimum Gasteiger partial charge on any atom is -0.370 e. The molecule has 5 heteroatoms. The fourth-order valence-electron chi connectivity index (χ4n) is 3.91. The molecule has 130 valence electrons. The molecule has 2 saturated carbocycles. The van der Waals surface area contributed by atoms with Crippen molar-refractivity contribution in [3.63, 3.8) is 0 Å². The SMILES string of the molecule is O=C(CN1CC[C@@H](CNc2ccccn2)C1)NC(C1CC1)C1CC1. The number of hydrogen-bond donors (Lipinski definition) is 2. The fourth-order valence-corrected chi connectivity index (χ4v) is 3.91. The Labute approximate surface area is 144 Å². The van der Waals surface area contributed by atoms with E-state index in [0.29, 0.717) is 18.5 Å². The van der Waals surface area contributed by atoms with E-state index >= 15 is 0 Å². The van der Waals surface area contributed by atoms with Gasteiger partial charge in [-0.15, -0.1) is 0 Å². The van der Waals surface area contributed by atoms with Crippen molar-refractivity contribution in [1.29, 1.82) is 0 Å². The Morgan fingerprint density at radius 2 is 2.00 bits per heavy atom. The van der Waals surface area contributed by atoms with Crippen LogP contribution in [0.1, 0.15) is 32.1 Å². The van der Waals surface area contributed by atoms with E-state index in [2.05, 4.69) is 20.5 Å². The van der Waals surface area contributed by atoms with Crippen molar-refractivity contribution in [2.75, 3.05) is 31.5 Å². The van der Waals surface area contributed by atoms with Gasteiger partial charge in [0.1, 0.15) is 5.82 Å². The van der Waals surface area contributed by atoms with Crippen LogP contribution in [0.2, 0.25) is 0 Å². The molecule has 0 radical (unpaired) electrons. The molecule has 2 N–H and O–H groups in total. The van der Waals surface area contributed by atoms with Crippen LogP contribution in [0.15, 0.2) is 24.4 Å². The first kappa shape index (κ1) is 15.9. The second-order valence-corrected chi connectivity index (χ2v) is 7.75. The highest BCUT2D eigenvalue weighted by molar-refractivity contribution is 5.78. The number of nitrogens with zero attached hydrogens (tertiary/aromatic N) is 2. The third kappa shape index (κ3) is 4.26. The van der Waals surface area contributed by atoms with Gasteiger partial charge in [0.25, 0.3) is 0 Å². The number of hydrogen-bond acceptors (Lipinski definition) is 4. The highest BCUT2D eigenvalue weighted by Gasteiger charge is 2.42. The monoisotopic (exact) mass is 328 g/mol. The summed E-state index contributed by atoms with van der Waals surface area (Å²) in [6, 6.07) is 6.39. The quantitative estimate of drug-likeness (QED) is 0.767. The summed E-state index contributed by atoms with van der Waals surface area (Å²) in [5.74, 6) is 3.32. The molecule has 4 rings (SSSR count). The van der Waals surface area contributed by atoms with E-state index in [1.807, 2.05) is 24.4 Å². The van der Waals surface area contributed by atoms with Gasteiger partial charge >= 0.3 is 0 Å². The number of rotatable bonds is 8. The summed E-state index contributed by atoms with van der Waals surface area (Å²) in [5.41, 5.74) is 0. The average Bonchev–Trinajstić information content (AvgIpc) is 3.51. The second kappa shape index (κ2) is 7.09. The minimum absolute atomic E-state index is 0.233. The zero-order chi connectivity index (χ0) is 16.4. The highest BCUT2D eigenvalue weighted by atomic mass is 16.2. The molecule has 1 aromatic rings. The van der Waals surface area contributed by atoms with Crippen molar-refractivity contribution in [3.05, 3.63) is 24.4 Å². The molecule has 0 spiro atoms. The fraction of sp³-hybridized carbons (Fsp3) is 0.684. The van der Waals surface area contributed by atoms with Crippen LogP contribution in [0.25, 0.3) is 0 Å². The van der Waals surface area contributed by atoms with Crippen LogP contribution >= 0.6 is 0 Å². The van der Waals surface area contributed by atoms with Gasteiger partial charge in [-0.25, -0.2) is 4.98 Å². The lowest BCUT2D eigenvalue weighted by Crippen LogP contribution is -2.43. The molecule has 0 bridgehead atoms. The number of aromatic nitrogens is 1. The molecule has 0 unspecified atom stereocenters. The lowest BCUT2D eigenvalue weighted by molar-refractivity contribution is -0.123. The van der Waals surface area contributed by atoms with Crippen LogP contribution in [-0.2, 0) is 4.79 Å². The first-order valence-corrected chi connectivity index (χ1v) is 9.44. The summed E-state index contributed by atoms with van der Waals surface area (Å²) in [6.07, 6.45) is 8.21. The molecule has 0 aromatic carbocycles. The summed E-state index contributed by atoms with van der Waals surface area (Å²) in [7, 11) is 0. The van der Waals surface area contributed by atoms with Gasteiger partial charge in [-0.05, 0) is 68.5 Å². The van der Waals surface area contributed by atoms with E-state index in [-0.39, 0.29) is 5.91 Å². The van der Waals surface area contributed by atoms with E-state index in [1.165, 1.54) is 25.7 Å². The number of nitrogens with one attached hydrogen (secondary N) is 2. The molecular weight excluding hydrogens is 300 g/mol. The van der Waals surface area contributed by atoms with E-state index < -0.39 is 0 Å². The topological polar surface area (TPSA) is 57.3 Å². The number of likely N-dealkylation sites (tertiary alicyclic amines) is 1. The van der Waals surface area contributed by atoms with Gasteiger partial charge in [-0.3, -0.25) is 9.69 Å². The maximum Gasteiger partial charge on any atom is 0.234 e. The van der Waals surface area contributed by atoms with Crippen molar-refractivity contribution in [2.24, 2.45) is 17.8 Å². The van der Waals surface area contributed by atoms with Crippen LogP contribution in [0.4, 0.5) is 5.82 Å². The van der Waals surface area contributed by atoms with Gasteiger partial charge in [0.2, 0.25) is 5.91 Å². The standard InChI is InChI=1S/C19H28N4O/c24-18(22-19(15-4-5-15)16-6-7-16)13-23-10-8-14(12-23)11-21-17-3-1-2-9-20-17/h1-3,9,14-16,19H,4-8,10-13H2,(H,20,21)(H,22,24)/t14-/m0/s1. The van der Waals surface area contributed by atoms with Crippen LogP contribution in [-0.4, -0.2) is 48.0 Å². The van der Waals surface area contributed by atoms with Gasteiger partial charge in [0.15, 0.2) is 0 Å². The molecular formula is C19H28N4O. The second-order valence-electron chi connectivity index (χ2n) is 7.75. The predicted molar refractivity (Wildman–Crippen MR) is 94.7 cm³/mol. The van der Waals surface area contributed by atoms with Crippen molar-refractivity contribution in [2.45, 2.75) is 38.1 Å².